The molecule has 23 heavy (non-hydrogen) atoms. The minimum atomic E-state index is 0.0192. The Balaban J connectivity index is 1.54. The Hall–Kier alpha value is -1.55. The van der Waals surface area contributed by atoms with Gasteiger partial charge in [-0.1, -0.05) is 31.0 Å². The number of likely N-dealkylation sites (N-methyl/N-ethyl adjacent to an activating group) is 1. The maximum Gasteiger partial charge on any atom is 0.239 e. The summed E-state index contributed by atoms with van der Waals surface area (Å²) < 4.78 is 5.39. The normalized spacial score (nSPS) is 26.6. The smallest absolute Gasteiger partial charge is 0.239 e. The Morgan fingerprint density at radius 2 is 2.09 bits per heavy atom. The number of benzene rings is 1. The summed E-state index contributed by atoms with van der Waals surface area (Å²) in [5.74, 6) is 1.85. The third-order valence-corrected chi connectivity index (χ3v) is 5.45. The fourth-order valence-electron chi connectivity index (χ4n) is 4.08. The quantitative estimate of drug-likeness (QED) is 0.908. The van der Waals surface area contributed by atoms with Crippen LogP contribution in [0.1, 0.15) is 37.7 Å². The summed E-state index contributed by atoms with van der Waals surface area (Å²) in [4.78, 5) is 14.6. The van der Waals surface area contributed by atoms with Gasteiger partial charge in [0.1, 0.15) is 5.75 Å². The van der Waals surface area contributed by atoms with Gasteiger partial charge in [-0.2, -0.15) is 0 Å². The van der Waals surface area contributed by atoms with Crippen molar-refractivity contribution in [2.75, 3.05) is 20.7 Å². The highest BCUT2D eigenvalue weighted by Gasteiger charge is 2.38. The summed E-state index contributed by atoms with van der Waals surface area (Å²) >= 11 is 0. The maximum atomic E-state index is 12.7. The molecular weight excluding hydrogens is 288 g/mol. The van der Waals surface area contributed by atoms with Crippen LogP contribution in [0.25, 0.3) is 0 Å². The summed E-state index contributed by atoms with van der Waals surface area (Å²) in [5, 5.41) is 3.58. The molecule has 1 saturated carbocycles. The van der Waals surface area contributed by atoms with Crippen LogP contribution in [-0.4, -0.2) is 43.6 Å². The minimum absolute atomic E-state index is 0.0192. The zero-order valence-electron chi connectivity index (χ0n) is 14.3. The molecule has 2 fully saturated rings. The molecule has 3 rings (SSSR count). The van der Waals surface area contributed by atoms with Crippen molar-refractivity contribution >= 4 is 5.91 Å². The number of carbonyl (C=O) groups excluding carboxylic acids is 1. The Kier molecular flexibility index (Phi) is 5.21. The van der Waals surface area contributed by atoms with Gasteiger partial charge in [-0.25, -0.2) is 0 Å². The molecule has 4 nitrogen and oxygen atoms in total. The highest BCUT2D eigenvalue weighted by atomic mass is 16.5. The first-order valence-corrected chi connectivity index (χ1v) is 8.82. The van der Waals surface area contributed by atoms with E-state index in [0.717, 1.165) is 30.7 Å². The first-order chi connectivity index (χ1) is 11.2. The zero-order valence-corrected chi connectivity index (χ0v) is 14.3. The molecule has 1 heterocycles. The highest BCUT2D eigenvalue weighted by molar-refractivity contribution is 5.82. The lowest BCUT2D eigenvalue weighted by Crippen LogP contribution is -2.44. The Morgan fingerprint density at radius 1 is 1.30 bits per heavy atom. The Morgan fingerprint density at radius 3 is 2.87 bits per heavy atom. The van der Waals surface area contributed by atoms with Gasteiger partial charge in [0.05, 0.1) is 13.2 Å². The van der Waals surface area contributed by atoms with Crippen molar-refractivity contribution in [1.29, 1.82) is 0 Å². The Bertz CT molecular complexity index is 532. The van der Waals surface area contributed by atoms with E-state index in [1.807, 2.05) is 30.1 Å². The van der Waals surface area contributed by atoms with Crippen molar-refractivity contribution in [2.45, 2.75) is 50.6 Å². The summed E-state index contributed by atoms with van der Waals surface area (Å²) in [6.07, 6.45) is 6.99. The van der Waals surface area contributed by atoms with E-state index in [1.165, 1.54) is 25.7 Å². The number of para-hydroxylation sites is 1. The molecule has 4 heteroatoms. The van der Waals surface area contributed by atoms with Gasteiger partial charge in [-0.05, 0) is 43.2 Å². The topological polar surface area (TPSA) is 41.6 Å². The molecule has 2 aliphatic rings. The zero-order chi connectivity index (χ0) is 16.2. The van der Waals surface area contributed by atoms with E-state index in [9.17, 15) is 4.79 Å². The molecule has 3 atom stereocenters. The van der Waals surface area contributed by atoms with Gasteiger partial charge < -0.3 is 15.0 Å². The standard InChI is InChI=1S/C19H28N2O2/c1-21(12-11-14-7-4-6-10-18(14)23-2)19(22)17-13-15-8-3-5-9-16(15)20-17/h4,6-7,10,15-17,20H,3,5,8-9,11-13H2,1-2H3. The fourth-order valence-corrected chi connectivity index (χ4v) is 4.08. The van der Waals surface area contributed by atoms with Crippen LogP contribution < -0.4 is 10.1 Å². The molecule has 0 radical (unpaired) electrons. The third-order valence-electron chi connectivity index (χ3n) is 5.45. The van der Waals surface area contributed by atoms with Gasteiger partial charge in [0, 0.05) is 19.6 Å². The van der Waals surface area contributed by atoms with E-state index in [1.54, 1.807) is 7.11 Å². The molecule has 1 aliphatic carbocycles. The van der Waals surface area contributed by atoms with Gasteiger partial charge in [-0.3, -0.25) is 4.79 Å². The summed E-state index contributed by atoms with van der Waals surface area (Å²) in [7, 11) is 3.61. The predicted octanol–water partition coefficient (Wildman–Crippen LogP) is 2.62. The largest absolute Gasteiger partial charge is 0.496 e. The Labute approximate surface area is 139 Å². The molecule has 1 amide bonds. The van der Waals surface area contributed by atoms with Crippen LogP contribution in [0, 0.1) is 5.92 Å². The van der Waals surface area contributed by atoms with Crippen LogP contribution in [0.5, 0.6) is 5.75 Å². The number of nitrogens with zero attached hydrogens (tertiary/aromatic N) is 1. The first-order valence-electron chi connectivity index (χ1n) is 8.82. The van der Waals surface area contributed by atoms with Crippen molar-refractivity contribution in [2.24, 2.45) is 5.92 Å². The number of hydrogen-bond donors (Lipinski definition) is 1. The van der Waals surface area contributed by atoms with Crippen LogP contribution in [0.2, 0.25) is 0 Å². The lowest BCUT2D eigenvalue weighted by Gasteiger charge is -2.24. The lowest BCUT2D eigenvalue weighted by molar-refractivity contribution is -0.131. The highest BCUT2D eigenvalue weighted by Crippen LogP contribution is 2.33. The molecule has 0 bridgehead atoms. The molecule has 1 aromatic rings. The minimum Gasteiger partial charge on any atom is -0.496 e. The van der Waals surface area contributed by atoms with Crippen LogP contribution in [0.3, 0.4) is 0 Å². The first kappa shape index (κ1) is 16.3. The van der Waals surface area contributed by atoms with Crippen molar-refractivity contribution in [3.05, 3.63) is 29.8 Å². The number of nitrogens with one attached hydrogen (secondary N) is 1. The van der Waals surface area contributed by atoms with Gasteiger partial charge in [0.15, 0.2) is 0 Å². The van der Waals surface area contributed by atoms with E-state index in [4.69, 9.17) is 4.74 Å². The number of amides is 1. The second-order valence-electron chi connectivity index (χ2n) is 6.93. The maximum absolute atomic E-state index is 12.7. The number of carbonyl (C=O) groups is 1. The number of rotatable bonds is 5. The fraction of sp³-hybridized carbons (Fsp3) is 0.632. The molecule has 1 aromatic carbocycles. The van der Waals surface area contributed by atoms with E-state index in [0.29, 0.717) is 12.0 Å². The van der Waals surface area contributed by atoms with Crippen LogP contribution in [-0.2, 0) is 11.2 Å². The molecule has 3 unspecified atom stereocenters. The van der Waals surface area contributed by atoms with E-state index in [2.05, 4.69) is 11.4 Å². The van der Waals surface area contributed by atoms with Crippen molar-refractivity contribution < 1.29 is 9.53 Å². The van der Waals surface area contributed by atoms with Crippen molar-refractivity contribution in [3.63, 3.8) is 0 Å². The van der Waals surface area contributed by atoms with Crippen molar-refractivity contribution in [3.8, 4) is 5.75 Å². The average molecular weight is 316 g/mol. The molecule has 1 aliphatic heterocycles. The predicted molar refractivity (Wildman–Crippen MR) is 91.6 cm³/mol. The average Bonchev–Trinajstić information content (AvgIpc) is 3.03. The molecular formula is C19H28N2O2. The number of ether oxygens (including phenoxy) is 1. The van der Waals surface area contributed by atoms with Crippen LogP contribution in [0.15, 0.2) is 24.3 Å². The second kappa shape index (κ2) is 7.35. The van der Waals surface area contributed by atoms with E-state index >= 15 is 0 Å². The van der Waals surface area contributed by atoms with E-state index in [-0.39, 0.29) is 11.9 Å². The third kappa shape index (κ3) is 3.69. The van der Waals surface area contributed by atoms with Gasteiger partial charge in [-0.15, -0.1) is 0 Å². The lowest BCUT2D eigenvalue weighted by atomic mass is 9.85. The molecule has 1 saturated heterocycles. The van der Waals surface area contributed by atoms with Crippen LogP contribution in [0.4, 0.5) is 0 Å². The van der Waals surface area contributed by atoms with Crippen molar-refractivity contribution in [1.82, 2.24) is 10.2 Å². The van der Waals surface area contributed by atoms with Gasteiger partial charge in [0.2, 0.25) is 5.91 Å². The van der Waals surface area contributed by atoms with Gasteiger partial charge in [0.25, 0.3) is 0 Å². The molecule has 1 N–H and O–H groups in total. The molecule has 0 spiro atoms. The summed E-state index contributed by atoms with van der Waals surface area (Å²) in [5.41, 5.74) is 1.16. The number of methoxy groups -OCH3 is 1. The second-order valence-corrected chi connectivity index (χ2v) is 6.93. The van der Waals surface area contributed by atoms with Crippen LogP contribution >= 0.6 is 0 Å². The van der Waals surface area contributed by atoms with Gasteiger partial charge >= 0.3 is 0 Å². The number of fused-ring (bicyclic) bond motifs is 1. The summed E-state index contributed by atoms with van der Waals surface area (Å²) in [6.45, 7) is 0.729. The van der Waals surface area contributed by atoms with E-state index < -0.39 is 0 Å². The SMILES string of the molecule is COc1ccccc1CCN(C)C(=O)C1CC2CCCCC2N1. The molecule has 0 aromatic heterocycles. The monoisotopic (exact) mass is 316 g/mol. The summed E-state index contributed by atoms with van der Waals surface area (Å²) in [6, 6.07) is 8.62. The molecule has 126 valence electrons. The number of hydrogen-bond acceptors (Lipinski definition) is 3.